The summed E-state index contributed by atoms with van der Waals surface area (Å²) in [6, 6.07) is 7.33. The third-order valence-electron chi connectivity index (χ3n) is 3.27. The van der Waals surface area contributed by atoms with Crippen LogP contribution < -0.4 is 15.4 Å². The number of rotatable bonds is 6. The van der Waals surface area contributed by atoms with Gasteiger partial charge < -0.3 is 10.6 Å². The second-order valence-corrected chi connectivity index (χ2v) is 7.13. The molecule has 0 saturated carbocycles. The molecule has 1 fully saturated rings. The Kier molecular flexibility index (Phi) is 5.01. The van der Waals surface area contributed by atoms with Crippen molar-refractivity contribution in [2.45, 2.75) is 43.7 Å². The van der Waals surface area contributed by atoms with Crippen molar-refractivity contribution in [1.29, 1.82) is 0 Å². The minimum absolute atomic E-state index is 0.121. The average Bonchev–Trinajstić information content (AvgIpc) is 2.88. The molecule has 1 saturated heterocycles. The number of sulfonamides is 1. The predicted octanol–water partition coefficient (Wildman–Crippen LogP) is 1.54. The normalized spacial score (nSPS) is 19.4. The molecule has 0 spiro atoms. The largest absolute Gasteiger partial charge is 0.382 e. The van der Waals surface area contributed by atoms with Gasteiger partial charge in [0.05, 0.1) is 5.69 Å². The summed E-state index contributed by atoms with van der Waals surface area (Å²) >= 11 is 0. The fourth-order valence-corrected chi connectivity index (χ4v) is 3.82. The van der Waals surface area contributed by atoms with E-state index in [1.54, 1.807) is 12.1 Å². The topological polar surface area (TPSA) is 70.2 Å². The lowest BCUT2D eigenvalue weighted by molar-refractivity contribution is 0.570. The summed E-state index contributed by atoms with van der Waals surface area (Å²) in [6.07, 6.45) is 2.31. The van der Waals surface area contributed by atoms with Gasteiger partial charge in [0.2, 0.25) is 10.0 Å². The predicted molar refractivity (Wildman–Crippen MR) is 81.4 cm³/mol. The molecule has 1 aromatic rings. The fourth-order valence-electron chi connectivity index (χ4n) is 2.38. The highest BCUT2D eigenvalue weighted by Crippen LogP contribution is 2.21. The van der Waals surface area contributed by atoms with Gasteiger partial charge in [-0.05, 0) is 45.4 Å². The molecule has 20 heavy (non-hydrogen) atoms. The average molecular weight is 297 g/mol. The van der Waals surface area contributed by atoms with E-state index in [0.29, 0.717) is 16.6 Å². The van der Waals surface area contributed by atoms with E-state index in [4.69, 9.17) is 0 Å². The molecule has 0 amide bonds. The maximum absolute atomic E-state index is 12.3. The first-order valence-electron chi connectivity index (χ1n) is 7.07. The van der Waals surface area contributed by atoms with E-state index in [-0.39, 0.29) is 6.04 Å². The second kappa shape index (κ2) is 6.56. The molecule has 0 aromatic heterocycles. The molecule has 2 rings (SSSR count). The van der Waals surface area contributed by atoms with Crippen LogP contribution in [0, 0.1) is 0 Å². The highest BCUT2D eigenvalue weighted by molar-refractivity contribution is 7.89. The highest BCUT2D eigenvalue weighted by Gasteiger charge is 2.20. The van der Waals surface area contributed by atoms with Gasteiger partial charge in [-0.2, -0.15) is 0 Å². The quantitative estimate of drug-likeness (QED) is 0.745. The van der Waals surface area contributed by atoms with Crippen molar-refractivity contribution in [3.05, 3.63) is 24.3 Å². The Morgan fingerprint density at radius 3 is 2.75 bits per heavy atom. The molecule has 1 aromatic carbocycles. The van der Waals surface area contributed by atoms with Crippen LogP contribution >= 0.6 is 0 Å². The number of para-hydroxylation sites is 1. The van der Waals surface area contributed by atoms with E-state index in [2.05, 4.69) is 15.4 Å². The van der Waals surface area contributed by atoms with Crippen molar-refractivity contribution in [3.8, 4) is 0 Å². The first-order valence-corrected chi connectivity index (χ1v) is 8.56. The zero-order valence-electron chi connectivity index (χ0n) is 12.0. The van der Waals surface area contributed by atoms with Crippen molar-refractivity contribution < 1.29 is 8.42 Å². The SMILES string of the molecule is CC(C)NS(=O)(=O)c1ccccc1NCC1CCCN1. The summed E-state index contributed by atoms with van der Waals surface area (Å²) in [5.41, 5.74) is 0.661. The first-order chi connectivity index (χ1) is 9.49. The molecule has 0 radical (unpaired) electrons. The number of anilines is 1. The van der Waals surface area contributed by atoms with Crippen molar-refractivity contribution >= 4 is 15.7 Å². The smallest absolute Gasteiger partial charge is 0.242 e. The van der Waals surface area contributed by atoms with Gasteiger partial charge >= 0.3 is 0 Å². The number of hydrogen-bond acceptors (Lipinski definition) is 4. The number of nitrogens with one attached hydrogen (secondary N) is 3. The van der Waals surface area contributed by atoms with Gasteiger partial charge in [0.25, 0.3) is 0 Å². The van der Waals surface area contributed by atoms with Gasteiger partial charge in [-0.25, -0.2) is 13.1 Å². The van der Waals surface area contributed by atoms with Crippen LogP contribution in [0.1, 0.15) is 26.7 Å². The first kappa shape index (κ1) is 15.3. The van der Waals surface area contributed by atoms with Gasteiger partial charge in [0, 0.05) is 18.6 Å². The van der Waals surface area contributed by atoms with Gasteiger partial charge in [0.15, 0.2) is 0 Å². The van der Waals surface area contributed by atoms with E-state index >= 15 is 0 Å². The molecule has 1 unspecified atom stereocenters. The Labute approximate surface area is 121 Å². The Balaban J connectivity index is 2.13. The van der Waals surface area contributed by atoms with E-state index in [9.17, 15) is 8.42 Å². The maximum atomic E-state index is 12.3. The molecule has 0 aliphatic carbocycles. The third-order valence-corrected chi connectivity index (χ3v) is 4.99. The lowest BCUT2D eigenvalue weighted by atomic mass is 10.2. The minimum Gasteiger partial charge on any atom is -0.382 e. The van der Waals surface area contributed by atoms with Crippen molar-refractivity contribution in [1.82, 2.24) is 10.0 Å². The summed E-state index contributed by atoms with van der Waals surface area (Å²) in [5.74, 6) is 0. The second-order valence-electron chi connectivity index (χ2n) is 5.45. The molecule has 1 heterocycles. The van der Waals surface area contributed by atoms with Crippen molar-refractivity contribution in [2.24, 2.45) is 0 Å². The molecular formula is C14H23N3O2S. The third kappa shape index (κ3) is 3.94. The van der Waals surface area contributed by atoms with Gasteiger partial charge in [0.1, 0.15) is 4.90 Å². The Hall–Kier alpha value is -1.11. The highest BCUT2D eigenvalue weighted by atomic mass is 32.2. The number of hydrogen-bond donors (Lipinski definition) is 3. The van der Waals surface area contributed by atoms with Crippen LogP contribution in [-0.4, -0.2) is 33.6 Å². The van der Waals surface area contributed by atoms with Gasteiger partial charge in [-0.15, -0.1) is 0 Å². The lowest BCUT2D eigenvalue weighted by Crippen LogP contribution is -2.32. The van der Waals surface area contributed by atoms with Crippen LogP contribution in [0.3, 0.4) is 0 Å². The van der Waals surface area contributed by atoms with E-state index in [1.165, 1.54) is 6.42 Å². The molecule has 0 bridgehead atoms. The summed E-state index contributed by atoms with van der Waals surface area (Å²) in [5, 5.41) is 6.64. The summed E-state index contributed by atoms with van der Waals surface area (Å²) < 4.78 is 27.2. The van der Waals surface area contributed by atoms with E-state index < -0.39 is 10.0 Å². The maximum Gasteiger partial charge on any atom is 0.242 e. The van der Waals surface area contributed by atoms with Gasteiger partial charge in [-0.3, -0.25) is 0 Å². The Morgan fingerprint density at radius 2 is 2.10 bits per heavy atom. The van der Waals surface area contributed by atoms with Crippen LogP contribution in [0.15, 0.2) is 29.2 Å². The summed E-state index contributed by atoms with van der Waals surface area (Å²) in [4.78, 5) is 0.312. The zero-order valence-corrected chi connectivity index (χ0v) is 12.8. The van der Waals surface area contributed by atoms with Crippen molar-refractivity contribution in [3.63, 3.8) is 0 Å². The van der Waals surface area contributed by atoms with Crippen LogP contribution in [0.25, 0.3) is 0 Å². The van der Waals surface area contributed by atoms with Crippen LogP contribution in [0.4, 0.5) is 5.69 Å². The molecule has 1 aliphatic rings. The molecule has 1 aliphatic heterocycles. The minimum atomic E-state index is -3.47. The van der Waals surface area contributed by atoms with Crippen LogP contribution in [-0.2, 0) is 10.0 Å². The molecule has 112 valence electrons. The van der Waals surface area contributed by atoms with Crippen molar-refractivity contribution in [2.75, 3.05) is 18.4 Å². The van der Waals surface area contributed by atoms with Crippen LogP contribution in [0.2, 0.25) is 0 Å². The van der Waals surface area contributed by atoms with Crippen LogP contribution in [0.5, 0.6) is 0 Å². The lowest BCUT2D eigenvalue weighted by Gasteiger charge is -2.17. The Morgan fingerprint density at radius 1 is 1.35 bits per heavy atom. The monoisotopic (exact) mass is 297 g/mol. The summed E-state index contributed by atoms with van der Waals surface area (Å²) in [6.45, 7) is 5.42. The molecule has 6 heteroatoms. The van der Waals surface area contributed by atoms with E-state index in [1.807, 2.05) is 26.0 Å². The van der Waals surface area contributed by atoms with Gasteiger partial charge in [-0.1, -0.05) is 12.1 Å². The fraction of sp³-hybridized carbons (Fsp3) is 0.571. The Bertz CT molecular complexity index is 537. The summed E-state index contributed by atoms with van der Waals surface area (Å²) in [7, 11) is -3.47. The molecule has 1 atom stereocenters. The number of benzene rings is 1. The standard InChI is InChI=1S/C14H23N3O2S/c1-11(2)17-20(18,19)14-8-4-3-7-13(14)16-10-12-6-5-9-15-12/h3-4,7-8,11-12,15-17H,5-6,9-10H2,1-2H3. The zero-order chi connectivity index (χ0) is 14.6. The molecule has 3 N–H and O–H groups in total. The molecule has 5 nitrogen and oxygen atoms in total. The van der Waals surface area contributed by atoms with E-state index in [0.717, 1.165) is 19.5 Å². The molecular weight excluding hydrogens is 274 g/mol.